The van der Waals surface area contributed by atoms with Crippen molar-refractivity contribution in [1.82, 2.24) is 0 Å². The Morgan fingerprint density at radius 1 is 0.950 bits per heavy atom. The molecule has 0 spiro atoms. The van der Waals surface area contributed by atoms with Crippen LogP contribution in [0.25, 0.3) is 5.57 Å². The predicted molar refractivity (Wildman–Crippen MR) is 88.8 cm³/mol. The molecule has 2 rings (SSSR count). The van der Waals surface area contributed by atoms with Crippen LogP contribution in [0, 0.1) is 0 Å². The lowest BCUT2D eigenvalue weighted by atomic mass is 9.97. The molecular formula is C20H22. The number of benzene rings is 2. The van der Waals surface area contributed by atoms with E-state index < -0.39 is 0 Å². The molecule has 2 aromatic rings. The van der Waals surface area contributed by atoms with Gasteiger partial charge in [-0.1, -0.05) is 74.2 Å². The normalized spacial score (nSPS) is 11.4. The molecule has 0 atom stereocenters. The summed E-state index contributed by atoms with van der Waals surface area (Å²) < 4.78 is 0. The maximum Gasteiger partial charge on any atom is -0.00888 e. The molecule has 0 radical (unpaired) electrons. The number of hydrogen-bond acceptors (Lipinski definition) is 0. The van der Waals surface area contributed by atoms with Crippen LogP contribution in [0.4, 0.5) is 0 Å². The third-order valence-corrected chi connectivity index (χ3v) is 3.73. The minimum Gasteiger partial charge on any atom is -0.0909 e. The fourth-order valence-corrected chi connectivity index (χ4v) is 2.35. The highest BCUT2D eigenvalue weighted by Crippen LogP contribution is 2.21. The zero-order chi connectivity index (χ0) is 14.4. The lowest BCUT2D eigenvalue weighted by molar-refractivity contribution is 1.07. The van der Waals surface area contributed by atoms with Crippen LogP contribution in [0.1, 0.15) is 30.5 Å². The molecule has 0 fully saturated rings. The molecule has 102 valence electrons. The van der Waals surface area contributed by atoms with Gasteiger partial charge in [0.25, 0.3) is 0 Å². The zero-order valence-corrected chi connectivity index (χ0v) is 12.4. The summed E-state index contributed by atoms with van der Waals surface area (Å²) in [6.45, 7) is 8.56. The van der Waals surface area contributed by atoms with Crippen molar-refractivity contribution in [2.75, 3.05) is 0 Å². The van der Waals surface area contributed by atoms with Crippen LogP contribution >= 0.6 is 0 Å². The maximum atomic E-state index is 4.21. The van der Waals surface area contributed by atoms with Crippen molar-refractivity contribution in [3.8, 4) is 0 Å². The molecule has 0 aliphatic rings. The Balaban J connectivity index is 2.13. The van der Waals surface area contributed by atoms with Crippen molar-refractivity contribution < 1.29 is 0 Å². The quantitative estimate of drug-likeness (QED) is 0.628. The van der Waals surface area contributed by atoms with Crippen molar-refractivity contribution in [3.63, 3.8) is 0 Å². The van der Waals surface area contributed by atoms with E-state index in [2.05, 4.69) is 75.0 Å². The van der Waals surface area contributed by atoms with Crippen LogP contribution in [-0.4, -0.2) is 0 Å². The third kappa shape index (κ3) is 3.48. The largest absolute Gasteiger partial charge is 0.0909 e. The fraction of sp³-hybridized carbons (Fsp3) is 0.200. The summed E-state index contributed by atoms with van der Waals surface area (Å²) in [4.78, 5) is 0. The van der Waals surface area contributed by atoms with Crippen LogP contribution in [0.2, 0.25) is 0 Å². The Morgan fingerprint density at radius 2 is 1.55 bits per heavy atom. The van der Waals surface area contributed by atoms with Gasteiger partial charge in [-0.05, 0) is 47.6 Å². The van der Waals surface area contributed by atoms with Crippen LogP contribution < -0.4 is 0 Å². The van der Waals surface area contributed by atoms with Gasteiger partial charge in [-0.25, -0.2) is 0 Å². The second-order valence-corrected chi connectivity index (χ2v) is 5.06. The molecule has 0 aliphatic carbocycles. The Kier molecular flexibility index (Phi) is 4.95. The molecule has 0 aliphatic heterocycles. The summed E-state index contributed by atoms with van der Waals surface area (Å²) in [7, 11) is 0. The Morgan fingerprint density at radius 3 is 2.20 bits per heavy atom. The molecule has 0 amide bonds. The Bertz CT molecular complexity index is 603. The average molecular weight is 262 g/mol. The van der Waals surface area contributed by atoms with Crippen LogP contribution in [-0.2, 0) is 12.8 Å². The van der Waals surface area contributed by atoms with Crippen molar-refractivity contribution in [2.24, 2.45) is 0 Å². The van der Waals surface area contributed by atoms with Gasteiger partial charge in [-0.15, -0.1) is 0 Å². The monoisotopic (exact) mass is 262 g/mol. The van der Waals surface area contributed by atoms with Crippen molar-refractivity contribution in [3.05, 3.63) is 89.5 Å². The topological polar surface area (TPSA) is 0 Å². The first-order valence-corrected chi connectivity index (χ1v) is 7.20. The summed E-state index contributed by atoms with van der Waals surface area (Å²) >= 11 is 0. The third-order valence-electron chi connectivity index (χ3n) is 3.73. The highest BCUT2D eigenvalue weighted by molar-refractivity contribution is 5.76. The highest BCUT2D eigenvalue weighted by Gasteiger charge is 2.02. The molecular weight excluding hydrogens is 240 g/mol. The summed E-state index contributed by atoms with van der Waals surface area (Å²) in [6, 6.07) is 19.0. The van der Waals surface area contributed by atoms with E-state index in [1.807, 2.05) is 6.07 Å². The first-order chi connectivity index (χ1) is 9.72. The first-order valence-electron chi connectivity index (χ1n) is 7.20. The van der Waals surface area contributed by atoms with Gasteiger partial charge in [0.2, 0.25) is 0 Å². The number of aryl methyl sites for hydroxylation is 1. The molecule has 0 bridgehead atoms. The number of allylic oxidation sites excluding steroid dienone is 3. The van der Waals surface area contributed by atoms with Gasteiger partial charge in [0.15, 0.2) is 0 Å². The van der Waals surface area contributed by atoms with Gasteiger partial charge < -0.3 is 0 Å². The minimum absolute atomic E-state index is 0.974. The molecule has 0 saturated carbocycles. The lowest BCUT2D eigenvalue weighted by Crippen LogP contribution is -1.92. The SMILES string of the molecule is C=C(/C(C)=C\Cc1ccccc1CC)c1ccccc1. The van der Waals surface area contributed by atoms with E-state index >= 15 is 0 Å². The van der Waals surface area contributed by atoms with Gasteiger partial charge >= 0.3 is 0 Å². The summed E-state index contributed by atoms with van der Waals surface area (Å²) in [5.74, 6) is 0. The summed E-state index contributed by atoms with van der Waals surface area (Å²) in [5, 5.41) is 0. The summed E-state index contributed by atoms with van der Waals surface area (Å²) in [5.41, 5.74) is 6.41. The molecule has 0 unspecified atom stereocenters. The van der Waals surface area contributed by atoms with E-state index in [-0.39, 0.29) is 0 Å². The molecule has 20 heavy (non-hydrogen) atoms. The van der Waals surface area contributed by atoms with Crippen molar-refractivity contribution in [1.29, 1.82) is 0 Å². The zero-order valence-electron chi connectivity index (χ0n) is 12.4. The molecule has 0 N–H and O–H groups in total. The second-order valence-electron chi connectivity index (χ2n) is 5.06. The standard InChI is InChI=1S/C20H22/c1-4-18-10-8-9-13-20(18)15-14-16(2)17(3)19-11-6-5-7-12-19/h5-14H,3-4,15H2,1-2H3/b16-14-. The molecule has 0 heterocycles. The van der Waals surface area contributed by atoms with E-state index in [0.29, 0.717) is 0 Å². The van der Waals surface area contributed by atoms with Gasteiger partial charge in [0.1, 0.15) is 0 Å². The molecule has 0 heteroatoms. The Hall–Kier alpha value is -2.08. The molecule has 2 aromatic carbocycles. The first kappa shape index (κ1) is 14.3. The van der Waals surface area contributed by atoms with E-state index in [0.717, 1.165) is 18.4 Å². The van der Waals surface area contributed by atoms with Crippen molar-refractivity contribution >= 4 is 5.57 Å². The van der Waals surface area contributed by atoms with Crippen LogP contribution in [0.5, 0.6) is 0 Å². The molecule has 0 saturated heterocycles. The van der Waals surface area contributed by atoms with E-state index in [1.54, 1.807) is 0 Å². The van der Waals surface area contributed by atoms with Crippen molar-refractivity contribution in [2.45, 2.75) is 26.7 Å². The van der Waals surface area contributed by atoms with E-state index in [4.69, 9.17) is 0 Å². The van der Waals surface area contributed by atoms with Crippen LogP contribution in [0.15, 0.2) is 72.8 Å². The van der Waals surface area contributed by atoms with Gasteiger partial charge in [0, 0.05) is 0 Å². The number of rotatable bonds is 5. The number of hydrogen-bond donors (Lipinski definition) is 0. The van der Waals surface area contributed by atoms with Crippen LogP contribution in [0.3, 0.4) is 0 Å². The highest BCUT2D eigenvalue weighted by atomic mass is 14.1. The van der Waals surface area contributed by atoms with E-state index in [1.165, 1.54) is 22.3 Å². The smallest absolute Gasteiger partial charge is 0.00888 e. The lowest BCUT2D eigenvalue weighted by Gasteiger charge is -2.08. The molecule has 0 aromatic heterocycles. The van der Waals surface area contributed by atoms with Gasteiger partial charge in [-0.3, -0.25) is 0 Å². The average Bonchev–Trinajstić information content (AvgIpc) is 2.53. The predicted octanol–water partition coefficient (Wildman–Crippen LogP) is 5.45. The molecule has 0 nitrogen and oxygen atoms in total. The second kappa shape index (κ2) is 6.91. The maximum absolute atomic E-state index is 4.21. The van der Waals surface area contributed by atoms with Gasteiger partial charge in [-0.2, -0.15) is 0 Å². The Labute approximate surface area is 122 Å². The fourth-order valence-electron chi connectivity index (χ4n) is 2.35. The van der Waals surface area contributed by atoms with Gasteiger partial charge in [0.05, 0.1) is 0 Å². The van der Waals surface area contributed by atoms with E-state index in [9.17, 15) is 0 Å². The summed E-state index contributed by atoms with van der Waals surface area (Å²) in [6.07, 6.45) is 4.34. The minimum atomic E-state index is 0.974.